The van der Waals surface area contributed by atoms with E-state index in [2.05, 4.69) is 12.0 Å². The minimum absolute atomic E-state index is 0.150. The Bertz CT molecular complexity index is 944. The third-order valence-corrected chi connectivity index (χ3v) is 4.77. The SMILES string of the molecule is CCCC=CC(=Cc1ccc(OCC)cc1C)c1nn(C(C)CO)c(N)c1C(N)=O. The van der Waals surface area contributed by atoms with Gasteiger partial charge in [0.2, 0.25) is 0 Å². The van der Waals surface area contributed by atoms with Crippen LogP contribution in [0, 0.1) is 6.92 Å². The van der Waals surface area contributed by atoms with Crippen LogP contribution in [0.25, 0.3) is 11.6 Å². The fraction of sp³-hybridized carbons (Fsp3) is 0.391. The lowest BCUT2D eigenvalue weighted by Gasteiger charge is -2.10. The van der Waals surface area contributed by atoms with Crippen molar-refractivity contribution in [3.05, 3.63) is 52.7 Å². The average Bonchev–Trinajstić information content (AvgIpc) is 3.06. The Kier molecular flexibility index (Phi) is 8.24. The van der Waals surface area contributed by atoms with E-state index in [1.807, 2.05) is 50.3 Å². The molecule has 0 aliphatic carbocycles. The Balaban J connectivity index is 2.66. The second kappa shape index (κ2) is 10.6. The number of benzene rings is 1. The second-order valence-corrected chi connectivity index (χ2v) is 7.19. The Hall–Kier alpha value is -3.06. The molecule has 162 valence electrons. The number of rotatable bonds is 10. The third-order valence-electron chi connectivity index (χ3n) is 4.77. The number of nitrogens with zero attached hydrogens (tertiary/aromatic N) is 2. The van der Waals surface area contributed by atoms with Crippen LogP contribution in [-0.2, 0) is 0 Å². The molecule has 5 N–H and O–H groups in total. The number of aryl methyl sites for hydroxylation is 1. The summed E-state index contributed by atoms with van der Waals surface area (Å²) in [5.41, 5.74) is 15.1. The molecule has 0 bridgehead atoms. The molecule has 7 heteroatoms. The molecule has 1 unspecified atom stereocenters. The monoisotopic (exact) mass is 412 g/mol. The summed E-state index contributed by atoms with van der Waals surface area (Å²) < 4.78 is 7.01. The predicted molar refractivity (Wildman–Crippen MR) is 121 cm³/mol. The maximum absolute atomic E-state index is 12.2. The average molecular weight is 413 g/mol. The number of carbonyl (C=O) groups excluding carboxylic acids is 1. The summed E-state index contributed by atoms with van der Waals surface area (Å²) in [5, 5.41) is 14.1. The molecule has 7 nitrogen and oxygen atoms in total. The number of nitrogen functional groups attached to an aromatic ring is 1. The van der Waals surface area contributed by atoms with Gasteiger partial charge in [-0.25, -0.2) is 4.68 Å². The summed E-state index contributed by atoms with van der Waals surface area (Å²) in [6.45, 7) is 8.24. The molecule has 1 aromatic carbocycles. The van der Waals surface area contributed by atoms with Gasteiger partial charge < -0.3 is 21.3 Å². The van der Waals surface area contributed by atoms with Gasteiger partial charge in [0.25, 0.3) is 5.91 Å². The van der Waals surface area contributed by atoms with E-state index in [9.17, 15) is 9.90 Å². The number of ether oxygens (including phenoxy) is 1. The van der Waals surface area contributed by atoms with Crippen molar-refractivity contribution in [3.8, 4) is 5.75 Å². The molecule has 1 heterocycles. The van der Waals surface area contributed by atoms with Crippen LogP contribution >= 0.6 is 0 Å². The van der Waals surface area contributed by atoms with E-state index >= 15 is 0 Å². The topological polar surface area (TPSA) is 116 Å². The van der Waals surface area contributed by atoms with Gasteiger partial charge in [-0.15, -0.1) is 0 Å². The summed E-state index contributed by atoms with van der Waals surface area (Å²) in [5.74, 6) is 0.299. The number of anilines is 1. The molecule has 0 fully saturated rings. The molecule has 0 saturated carbocycles. The van der Waals surface area contributed by atoms with E-state index < -0.39 is 5.91 Å². The van der Waals surface area contributed by atoms with Gasteiger partial charge in [-0.3, -0.25) is 4.79 Å². The second-order valence-electron chi connectivity index (χ2n) is 7.19. The van der Waals surface area contributed by atoms with Crippen LogP contribution in [0.2, 0.25) is 0 Å². The highest BCUT2D eigenvalue weighted by molar-refractivity contribution is 6.04. The fourth-order valence-corrected chi connectivity index (χ4v) is 3.11. The zero-order valence-corrected chi connectivity index (χ0v) is 18.2. The number of amides is 1. The van der Waals surface area contributed by atoms with Crippen molar-refractivity contribution in [1.29, 1.82) is 0 Å². The van der Waals surface area contributed by atoms with E-state index in [4.69, 9.17) is 16.2 Å². The molecule has 1 atom stereocenters. The van der Waals surface area contributed by atoms with Crippen molar-refractivity contribution in [2.45, 2.75) is 46.6 Å². The van der Waals surface area contributed by atoms with Gasteiger partial charge in [0.1, 0.15) is 22.8 Å². The zero-order valence-electron chi connectivity index (χ0n) is 18.2. The highest BCUT2D eigenvalue weighted by Crippen LogP contribution is 2.30. The summed E-state index contributed by atoms with van der Waals surface area (Å²) in [6.07, 6.45) is 7.80. The third kappa shape index (κ3) is 5.30. The number of allylic oxidation sites excluding steroid dienone is 3. The first-order valence-corrected chi connectivity index (χ1v) is 10.2. The van der Waals surface area contributed by atoms with E-state index in [0.717, 1.165) is 35.3 Å². The van der Waals surface area contributed by atoms with Crippen LogP contribution in [-0.4, -0.2) is 34.0 Å². The number of aromatic nitrogens is 2. The minimum Gasteiger partial charge on any atom is -0.494 e. The Morgan fingerprint density at radius 1 is 1.37 bits per heavy atom. The van der Waals surface area contributed by atoms with Gasteiger partial charge in [0.05, 0.1) is 19.3 Å². The minimum atomic E-state index is -0.655. The smallest absolute Gasteiger partial charge is 0.254 e. The first kappa shape index (κ1) is 23.2. The van der Waals surface area contributed by atoms with Crippen molar-refractivity contribution in [2.24, 2.45) is 5.73 Å². The largest absolute Gasteiger partial charge is 0.494 e. The summed E-state index contributed by atoms with van der Waals surface area (Å²) in [4.78, 5) is 12.2. The van der Waals surface area contributed by atoms with Crippen molar-refractivity contribution < 1.29 is 14.6 Å². The van der Waals surface area contributed by atoms with Crippen LogP contribution < -0.4 is 16.2 Å². The Labute approximate surface area is 178 Å². The predicted octanol–water partition coefficient (Wildman–Crippen LogP) is 3.72. The lowest BCUT2D eigenvalue weighted by molar-refractivity contribution is 0.100. The number of primary amides is 1. The summed E-state index contributed by atoms with van der Waals surface area (Å²) in [7, 11) is 0. The Morgan fingerprint density at radius 2 is 2.10 bits per heavy atom. The van der Waals surface area contributed by atoms with Crippen LogP contribution in [0.1, 0.15) is 66.8 Å². The molecule has 0 spiro atoms. The molecule has 0 aliphatic rings. The first-order valence-electron chi connectivity index (χ1n) is 10.2. The van der Waals surface area contributed by atoms with E-state index in [0.29, 0.717) is 12.3 Å². The molecule has 0 aliphatic heterocycles. The van der Waals surface area contributed by atoms with Gasteiger partial charge in [-0.1, -0.05) is 31.6 Å². The van der Waals surface area contributed by atoms with Gasteiger partial charge in [0, 0.05) is 5.57 Å². The molecule has 0 saturated heterocycles. The van der Waals surface area contributed by atoms with Crippen LogP contribution in [0.4, 0.5) is 5.82 Å². The number of aliphatic hydroxyl groups excluding tert-OH is 1. The quantitative estimate of drug-likeness (QED) is 0.514. The molecular weight excluding hydrogens is 380 g/mol. The van der Waals surface area contributed by atoms with Crippen LogP contribution in [0.5, 0.6) is 5.75 Å². The van der Waals surface area contributed by atoms with Crippen molar-refractivity contribution in [1.82, 2.24) is 9.78 Å². The fourth-order valence-electron chi connectivity index (χ4n) is 3.11. The maximum atomic E-state index is 12.2. The van der Waals surface area contributed by atoms with Crippen molar-refractivity contribution in [2.75, 3.05) is 18.9 Å². The number of hydrogen-bond donors (Lipinski definition) is 3. The van der Waals surface area contributed by atoms with E-state index in [1.54, 1.807) is 6.92 Å². The van der Waals surface area contributed by atoms with E-state index in [1.165, 1.54) is 4.68 Å². The van der Waals surface area contributed by atoms with Crippen LogP contribution in [0.15, 0.2) is 30.4 Å². The summed E-state index contributed by atoms with van der Waals surface area (Å²) >= 11 is 0. The Morgan fingerprint density at radius 3 is 2.67 bits per heavy atom. The van der Waals surface area contributed by atoms with Crippen molar-refractivity contribution >= 4 is 23.4 Å². The number of hydrogen-bond acceptors (Lipinski definition) is 5. The first-order chi connectivity index (χ1) is 14.3. The summed E-state index contributed by atoms with van der Waals surface area (Å²) in [6, 6.07) is 5.46. The van der Waals surface area contributed by atoms with Gasteiger partial charge in [-0.2, -0.15) is 5.10 Å². The molecule has 2 rings (SSSR count). The highest BCUT2D eigenvalue weighted by Gasteiger charge is 2.24. The standard InChI is InChI=1S/C23H32N4O3/c1-5-7-8-9-18(13-17-10-11-19(30-6-2)12-15(17)3)21-20(23(25)29)22(24)27(26-21)16(4)14-28/h8-13,16,28H,5-7,14,24H2,1-4H3,(H2,25,29). The van der Waals surface area contributed by atoms with Crippen LogP contribution in [0.3, 0.4) is 0 Å². The van der Waals surface area contributed by atoms with E-state index in [-0.39, 0.29) is 24.0 Å². The molecule has 1 aromatic heterocycles. The molecule has 1 amide bonds. The zero-order chi connectivity index (χ0) is 22.3. The van der Waals surface area contributed by atoms with Gasteiger partial charge >= 0.3 is 0 Å². The molecular formula is C23H32N4O3. The van der Waals surface area contributed by atoms with Crippen molar-refractivity contribution in [3.63, 3.8) is 0 Å². The number of nitrogens with two attached hydrogens (primary N) is 2. The molecule has 2 aromatic rings. The number of unbranched alkanes of at least 4 members (excludes halogenated alkanes) is 1. The highest BCUT2D eigenvalue weighted by atomic mass is 16.5. The molecule has 0 radical (unpaired) electrons. The normalized spacial score (nSPS) is 13.0. The number of aliphatic hydroxyl groups is 1. The molecule has 30 heavy (non-hydrogen) atoms. The maximum Gasteiger partial charge on any atom is 0.254 e. The number of carbonyl (C=O) groups is 1. The lowest BCUT2D eigenvalue weighted by Crippen LogP contribution is -2.17. The lowest BCUT2D eigenvalue weighted by atomic mass is 10.0. The van der Waals surface area contributed by atoms with Gasteiger partial charge in [-0.05, 0) is 56.5 Å². The van der Waals surface area contributed by atoms with Gasteiger partial charge in [0.15, 0.2) is 0 Å².